The minimum absolute atomic E-state index is 0.170. The second kappa shape index (κ2) is 7.29. The lowest BCUT2D eigenvalue weighted by Crippen LogP contribution is -2.27. The Morgan fingerprint density at radius 1 is 1.21 bits per heavy atom. The fourth-order valence-corrected chi connectivity index (χ4v) is 5.53. The number of halogens is 5. The molecular formula is C17H9Cl2F3N2O2S2. The first kappa shape index (κ1) is 19.6. The Kier molecular flexibility index (Phi) is 5.11. The Balaban J connectivity index is 1.72. The number of thiazole rings is 1. The van der Waals surface area contributed by atoms with Crippen molar-refractivity contribution in [3.63, 3.8) is 0 Å². The Hall–Kier alpha value is -1.68. The van der Waals surface area contributed by atoms with E-state index in [1.54, 1.807) is 18.2 Å². The van der Waals surface area contributed by atoms with Gasteiger partial charge in [0.25, 0.3) is 0 Å². The van der Waals surface area contributed by atoms with Gasteiger partial charge in [-0.1, -0.05) is 46.7 Å². The van der Waals surface area contributed by atoms with Gasteiger partial charge in [0.2, 0.25) is 5.91 Å². The number of rotatable bonds is 3. The summed E-state index contributed by atoms with van der Waals surface area (Å²) in [4.78, 5) is 18.4. The molecule has 146 valence electrons. The number of alkyl halides is 3. The summed E-state index contributed by atoms with van der Waals surface area (Å²) in [6, 6.07) is 9.03. The van der Waals surface area contributed by atoms with E-state index in [9.17, 15) is 18.0 Å². The number of fused-ring (bicyclic) bond motifs is 1. The minimum Gasteiger partial charge on any atom is -0.406 e. The normalized spacial score (nSPS) is 17.5. The maximum Gasteiger partial charge on any atom is 0.573 e. The fourth-order valence-electron chi connectivity index (χ4n) is 2.77. The molecule has 0 spiro atoms. The molecule has 1 aromatic heterocycles. The van der Waals surface area contributed by atoms with E-state index in [0.29, 0.717) is 31.0 Å². The molecule has 0 saturated carbocycles. The Labute approximate surface area is 175 Å². The van der Waals surface area contributed by atoms with Crippen LogP contribution >= 0.6 is 46.3 Å². The van der Waals surface area contributed by atoms with E-state index < -0.39 is 11.7 Å². The van der Waals surface area contributed by atoms with Gasteiger partial charge in [0.1, 0.15) is 11.1 Å². The summed E-state index contributed by atoms with van der Waals surface area (Å²) >= 11 is 14.9. The molecule has 1 aliphatic heterocycles. The summed E-state index contributed by atoms with van der Waals surface area (Å²) < 4.78 is 41.7. The molecule has 11 heteroatoms. The number of anilines is 1. The van der Waals surface area contributed by atoms with Crippen LogP contribution in [-0.4, -0.2) is 23.0 Å². The third-order valence-electron chi connectivity index (χ3n) is 3.90. The zero-order chi connectivity index (χ0) is 20.1. The van der Waals surface area contributed by atoms with Crippen molar-refractivity contribution in [2.45, 2.75) is 11.7 Å². The summed E-state index contributed by atoms with van der Waals surface area (Å²) in [6.45, 7) is 0. The van der Waals surface area contributed by atoms with E-state index in [1.807, 2.05) is 0 Å². The molecule has 0 radical (unpaired) electrons. The van der Waals surface area contributed by atoms with Crippen LogP contribution in [0.2, 0.25) is 10.0 Å². The van der Waals surface area contributed by atoms with Crippen molar-refractivity contribution in [2.75, 3.05) is 10.7 Å². The number of thioether (sulfide) groups is 1. The number of ether oxygens (including phenoxy) is 1. The number of carbonyl (C=O) groups is 1. The molecule has 1 saturated heterocycles. The number of nitrogens with zero attached hydrogens (tertiary/aromatic N) is 2. The fraction of sp³-hybridized carbons (Fsp3) is 0.176. The van der Waals surface area contributed by atoms with Gasteiger partial charge in [0, 0.05) is 11.6 Å². The first-order chi connectivity index (χ1) is 13.2. The summed E-state index contributed by atoms with van der Waals surface area (Å²) in [5.74, 6) is -0.282. The van der Waals surface area contributed by atoms with E-state index >= 15 is 0 Å². The molecule has 4 rings (SSSR count). The van der Waals surface area contributed by atoms with Crippen molar-refractivity contribution in [2.24, 2.45) is 0 Å². The highest BCUT2D eigenvalue weighted by Gasteiger charge is 2.37. The van der Waals surface area contributed by atoms with Crippen LogP contribution in [0.5, 0.6) is 5.75 Å². The standard InChI is InChI=1S/C17H9Cl2F3N2O2S2/c18-10-3-1-2-9(14(10)19)15-24(13(25)7-27-15)16-23-11-5-4-8(6-12(11)28-16)26-17(20,21)22/h1-6,15H,7H2. The number of hydrogen-bond donors (Lipinski definition) is 0. The molecule has 1 atom stereocenters. The lowest BCUT2D eigenvalue weighted by Gasteiger charge is -2.22. The largest absolute Gasteiger partial charge is 0.573 e. The SMILES string of the molecule is O=C1CSC(c2cccc(Cl)c2Cl)N1c1nc2ccc(OC(F)(F)F)cc2s1. The van der Waals surface area contributed by atoms with Gasteiger partial charge in [-0.3, -0.25) is 9.69 Å². The van der Waals surface area contributed by atoms with Gasteiger partial charge in [-0.15, -0.1) is 24.9 Å². The van der Waals surface area contributed by atoms with Crippen LogP contribution in [0.1, 0.15) is 10.9 Å². The molecular weight excluding hydrogens is 456 g/mol. The topological polar surface area (TPSA) is 42.4 Å². The number of aromatic nitrogens is 1. The first-order valence-electron chi connectivity index (χ1n) is 7.77. The number of carbonyl (C=O) groups excluding carboxylic acids is 1. The average Bonchev–Trinajstić information content (AvgIpc) is 3.18. The molecule has 3 aromatic rings. The van der Waals surface area contributed by atoms with Gasteiger partial charge >= 0.3 is 6.36 Å². The summed E-state index contributed by atoms with van der Waals surface area (Å²) in [7, 11) is 0. The van der Waals surface area contributed by atoms with Gasteiger partial charge in [-0.05, 0) is 18.2 Å². The number of amides is 1. The molecule has 2 heterocycles. The highest BCUT2D eigenvalue weighted by Crippen LogP contribution is 2.47. The average molecular weight is 465 g/mol. The van der Waals surface area contributed by atoms with Crippen LogP contribution in [-0.2, 0) is 4.79 Å². The molecule has 1 amide bonds. The second-order valence-electron chi connectivity index (χ2n) is 5.74. The Morgan fingerprint density at radius 2 is 2.00 bits per heavy atom. The van der Waals surface area contributed by atoms with Gasteiger partial charge < -0.3 is 4.74 Å². The molecule has 28 heavy (non-hydrogen) atoms. The second-order valence-corrected chi connectivity index (χ2v) is 8.61. The molecule has 0 bridgehead atoms. The summed E-state index contributed by atoms with van der Waals surface area (Å²) in [5, 5.41) is 0.668. The molecule has 1 unspecified atom stereocenters. The lowest BCUT2D eigenvalue weighted by molar-refractivity contribution is -0.274. The summed E-state index contributed by atoms with van der Waals surface area (Å²) in [5.41, 5.74) is 1.14. The highest BCUT2D eigenvalue weighted by molar-refractivity contribution is 8.00. The maximum absolute atomic E-state index is 12.5. The number of benzene rings is 2. The molecule has 0 aliphatic carbocycles. The van der Waals surface area contributed by atoms with Crippen LogP contribution in [0.25, 0.3) is 10.2 Å². The molecule has 1 aliphatic rings. The van der Waals surface area contributed by atoms with E-state index in [0.717, 1.165) is 11.3 Å². The van der Waals surface area contributed by atoms with Crippen LogP contribution in [0, 0.1) is 0 Å². The van der Waals surface area contributed by atoms with Gasteiger partial charge in [0.05, 0.1) is 26.0 Å². The smallest absolute Gasteiger partial charge is 0.406 e. The lowest BCUT2D eigenvalue weighted by atomic mass is 10.2. The van der Waals surface area contributed by atoms with Gasteiger partial charge in [-0.2, -0.15) is 0 Å². The quantitative estimate of drug-likeness (QED) is 0.457. The van der Waals surface area contributed by atoms with Crippen LogP contribution in [0.3, 0.4) is 0 Å². The van der Waals surface area contributed by atoms with Gasteiger partial charge in [-0.25, -0.2) is 4.98 Å². The van der Waals surface area contributed by atoms with Gasteiger partial charge in [0.15, 0.2) is 5.13 Å². The minimum atomic E-state index is -4.78. The van der Waals surface area contributed by atoms with E-state index in [4.69, 9.17) is 23.2 Å². The van der Waals surface area contributed by atoms with Crippen molar-refractivity contribution >= 4 is 67.6 Å². The van der Waals surface area contributed by atoms with Crippen molar-refractivity contribution in [1.29, 1.82) is 0 Å². The molecule has 0 N–H and O–H groups in total. The maximum atomic E-state index is 12.5. The highest BCUT2D eigenvalue weighted by atomic mass is 35.5. The van der Waals surface area contributed by atoms with E-state index in [-0.39, 0.29) is 17.4 Å². The third-order valence-corrected chi connectivity index (χ3v) is 6.95. The predicted molar refractivity (Wildman–Crippen MR) is 105 cm³/mol. The molecule has 4 nitrogen and oxygen atoms in total. The molecule has 1 fully saturated rings. The van der Waals surface area contributed by atoms with Crippen LogP contribution in [0.15, 0.2) is 36.4 Å². The predicted octanol–water partition coefficient (Wildman–Crippen LogP) is 6.28. The third kappa shape index (κ3) is 3.76. The first-order valence-corrected chi connectivity index (χ1v) is 10.4. The van der Waals surface area contributed by atoms with E-state index in [2.05, 4.69) is 9.72 Å². The van der Waals surface area contributed by atoms with E-state index in [1.165, 1.54) is 34.9 Å². The van der Waals surface area contributed by atoms with Crippen molar-refractivity contribution in [3.05, 3.63) is 52.0 Å². The van der Waals surface area contributed by atoms with Crippen LogP contribution < -0.4 is 9.64 Å². The summed E-state index contributed by atoms with van der Waals surface area (Å²) in [6.07, 6.45) is -4.78. The monoisotopic (exact) mass is 464 g/mol. The molecule has 2 aromatic carbocycles. The zero-order valence-electron chi connectivity index (χ0n) is 13.7. The zero-order valence-corrected chi connectivity index (χ0v) is 16.8. The van der Waals surface area contributed by atoms with Crippen molar-refractivity contribution in [1.82, 2.24) is 4.98 Å². The van der Waals surface area contributed by atoms with Crippen molar-refractivity contribution < 1.29 is 22.7 Å². The van der Waals surface area contributed by atoms with Crippen molar-refractivity contribution in [3.8, 4) is 5.75 Å². The Bertz CT molecular complexity index is 1070. The Morgan fingerprint density at radius 3 is 2.75 bits per heavy atom. The number of hydrogen-bond acceptors (Lipinski definition) is 5. The van der Waals surface area contributed by atoms with Crippen LogP contribution in [0.4, 0.5) is 18.3 Å².